The average molecular weight is 213 g/mol. The van der Waals surface area contributed by atoms with E-state index < -0.39 is 0 Å². The Hall–Kier alpha value is -1.87. The highest BCUT2D eigenvalue weighted by atomic mass is 14.9. The van der Waals surface area contributed by atoms with Crippen LogP contribution in [0.4, 0.5) is 5.69 Å². The Morgan fingerprint density at radius 1 is 1.00 bits per heavy atom. The fourth-order valence-electron chi connectivity index (χ4n) is 1.54. The van der Waals surface area contributed by atoms with Gasteiger partial charge in [-0.15, -0.1) is 0 Å². The summed E-state index contributed by atoms with van der Waals surface area (Å²) in [4.78, 5) is 3.98. The van der Waals surface area contributed by atoms with Crippen LogP contribution in [0.25, 0.3) is 0 Å². The summed E-state index contributed by atoms with van der Waals surface area (Å²) in [5.41, 5.74) is 9.05. The summed E-state index contributed by atoms with van der Waals surface area (Å²) in [5, 5.41) is 3.35. The number of benzene rings is 1. The molecular weight excluding hydrogens is 198 g/mol. The SMILES string of the molecule is Nc1ccccc1CNCc1ccncc1. The number of aromatic nitrogens is 1. The Kier molecular flexibility index (Phi) is 3.51. The number of hydrogen-bond donors (Lipinski definition) is 2. The second kappa shape index (κ2) is 5.28. The molecule has 0 radical (unpaired) electrons. The molecule has 16 heavy (non-hydrogen) atoms. The highest BCUT2D eigenvalue weighted by Gasteiger charge is 1.97. The molecular formula is C13H15N3. The Labute approximate surface area is 95.3 Å². The molecule has 1 aromatic heterocycles. The molecule has 0 aliphatic rings. The quantitative estimate of drug-likeness (QED) is 0.763. The summed E-state index contributed by atoms with van der Waals surface area (Å²) in [5.74, 6) is 0. The maximum absolute atomic E-state index is 5.85. The van der Waals surface area contributed by atoms with E-state index in [1.54, 1.807) is 12.4 Å². The number of anilines is 1. The van der Waals surface area contributed by atoms with Crippen molar-refractivity contribution in [2.45, 2.75) is 13.1 Å². The third kappa shape index (κ3) is 2.81. The van der Waals surface area contributed by atoms with Crippen LogP contribution in [-0.4, -0.2) is 4.98 Å². The molecule has 1 heterocycles. The van der Waals surface area contributed by atoms with Gasteiger partial charge >= 0.3 is 0 Å². The zero-order valence-electron chi connectivity index (χ0n) is 9.06. The number of nitrogens with one attached hydrogen (secondary N) is 1. The number of rotatable bonds is 4. The van der Waals surface area contributed by atoms with Gasteiger partial charge in [0.1, 0.15) is 0 Å². The first kappa shape index (κ1) is 10.6. The molecule has 82 valence electrons. The molecule has 2 aromatic rings. The first-order chi connectivity index (χ1) is 7.86. The molecule has 0 spiro atoms. The van der Waals surface area contributed by atoms with Crippen LogP contribution >= 0.6 is 0 Å². The van der Waals surface area contributed by atoms with E-state index in [4.69, 9.17) is 5.73 Å². The molecule has 0 bridgehead atoms. The summed E-state index contributed by atoms with van der Waals surface area (Å²) in [6.45, 7) is 1.62. The van der Waals surface area contributed by atoms with Gasteiger partial charge in [0, 0.05) is 31.2 Å². The maximum atomic E-state index is 5.85. The molecule has 3 N–H and O–H groups in total. The van der Waals surface area contributed by atoms with E-state index in [-0.39, 0.29) is 0 Å². The van der Waals surface area contributed by atoms with Gasteiger partial charge in [0.05, 0.1) is 0 Å². The molecule has 2 rings (SSSR count). The first-order valence-corrected chi connectivity index (χ1v) is 5.29. The van der Waals surface area contributed by atoms with Gasteiger partial charge in [0.15, 0.2) is 0 Å². The van der Waals surface area contributed by atoms with Crippen LogP contribution in [0.15, 0.2) is 48.8 Å². The van der Waals surface area contributed by atoms with Gasteiger partial charge in [-0.2, -0.15) is 0 Å². The fraction of sp³-hybridized carbons (Fsp3) is 0.154. The van der Waals surface area contributed by atoms with Crippen LogP contribution in [0.3, 0.4) is 0 Å². The van der Waals surface area contributed by atoms with E-state index in [1.807, 2.05) is 36.4 Å². The van der Waals surface area contributed by atoms with Crippen LogP contribution < -0.4 is 11.1 Å². The van der Waals surface area contributed by atoms with Crippen LogP contribution in [0.5, 0.6) is 0 Å². The molecule has 3 heteroatoms. The van der Waals surface area contributed by atoms with Crippen molar-refractivity contribution in [1.29, 1.82) is 0 Å². The van der Waals surface area contributed by atoms with Gasteiger partial charge in [-0.05, 0) is 29.3 Å². The highest BCUT2D eigenvalue weighted by Crippen LogP contribution is 2.09. The third-order valence-corrected chi connectivity index (χ3v) is 2.45. The summed E-state index contributed by atoms with van der Waals surface area (Å²) in [6, 6.07) is 11.9. The average Bonchev–Trinajstić information content (AvgIpc) is 2.33. The van der Waals surface area contributed by atoms with E-state index in [9.17, 15) is 0 Å². The molecule has 1 aromatic carbocycles. The van der Waals surface area contributed by atoms with Crippen molar-refractivity contribution in [2.75, 3.05) is 5.73 Å². The predicted octanol–water partition coefficient (Wildman–Crippen LogP) is 1.95. The van der Waals surface area contributed by atoms with Crippen molar-refractivity contribution < 1.29 is 0 Å². The van der Waals surface area contributed by atoms with E-state index >= 15 is 0 Å². The zero-order chi connectivity index (χ0) is 11.2. The van der Waals surface area contributed by atoms with Crippen molar-refractivity contribution in [2.24, 2.45) is 0 Å². The zero-order valence-corrected chi connectivity index (χ0v) is 9.06. The van der Waals surface area contributed by atoms with Gasteiger partial charge < -0.3 is 11.1 Å². The number of nitrogens with zero attached hydrogens (tertiary/aromatic N) is 1. The lowest BCUT2D eigenvalue weighted by atomic mass is 10.2. The summed E-state index contributed by atoms with van der Waals surface area (Å²) < 4.78 is 0. The second-order valence-electron chi connectivity index (χ2n) is 3.66. The molecule has 0 fully saturated rings. The minimum Gasteiger partial charge on any atom is -0.398 e. The van der Waals surface area contributed by atoms with E-state index in [0.29, 0.717) is 0 Å². The van der Waals surface area contributed by atoms with Crippen LogP contribution in [0, 0.1) is 0 Å². The monoisotopic (exact) mass is 213 g/mol. The Morgan fingerprint density at radius 2 is 1.75 bits per heavy atom. The van der Waals surface area contributed by atoms with E-state index in [1.165, 1.54) is 5.56 Å². The van der Waals surface area contributed by atoms with Gasteiger partial charge in [0.2, 0.25) is 0 Å². The Bertz CT molecular complexity index is 440. The number of nitrogens with two attached hydrogens (primary N) is 1. The molecule has 0 amide bonds. The van der Waals surface area contributed by atoms with Gasteiger partial charge in [-0.3, -0.25) is 4.98 Å². The van der Waals surface area contributed by atoms with Crippen molar-refractivity contribution in [3.05, 3.63) is 59.9 Å². The van der Waals surface area contributed by atoms with Crippen LogP contribution in [0.1, 0.15) is 11.1 Å². The minimum atomic E-state index is 0.787. The lowest BCUT2D eigenvalue weighted by molar-refractivity contribution is 0.694. The lowest BCUT2D eigenvalue weighted by Gasteiger charge is -2.07. The Morgan fingerprint density at radius 3 is 2.50 bits per heavy atom. The minimum absolute atomic E-state index is 0.787. The summed E-state index contributed by atoms with van der Waals surface area (Å²) >= 11 is 0. The van der Waals surface area contributed by atoms with E-state index in [0.717, 1.165) is 24.3 Å². The predicted molar refractivity (Wildman–Crippen MR) is 65.6 cm³/mol. The number of nitrogen functional groups attached to an aromatic ring is 1. The van der Waals surface area contributed by atoms with Gasteiger partial charge in [-0.25, -0.2) is 0 Å². The standard InChI is InChI=1S/C13H15N3/c14-13-4-2-1-3-12(13)10-16-9-11-5-7-15-8-6-11/h1-8,16H,9-10,14H2. The second-order valence-corrected chi connectivity index (χ2v) is 3.66. The van der Waals surface area contributed by atoms with Gasteiger partial charge in [0.25, 0.3) is 0 Å². The number of hydrogen-bond acceptors (Lipinski definition) is 3. The highest BCUT2D eigenvalue weighted by molar-refractivity contribution is 5.46. The molecule has 0 saturated heterocycles. The largest absolute Gasteiger partial charge is 0.398 e. The molecule has 0 aliphatic carbocycles. The van der Waals surface area contributed by atoms with Crippen molar-refractivity contribution in [1.82, 2.24) is 10.3 Å². The van der Waals surface area contributed by atoms with Crippen molar-refractivity contribution in [3.63, 3.8) is 0 Å². The molecule has 0 unspecified atom stereocenters. The molecule has 0 atom stereocenters. The molecule has 0 aliphatic heterocycles. The van der Waals surface area contributed by atoms with Crippen LogP contribution in [-0.2, 0) is 13.1 Å². The maximum Gasteiger partial charge on any atom is 0.0359 e. The normalized spacial score (nSPS) is 10.2. The molecule has 0 saturated carbocycles. The summed E-state index contributed by atoms with van der Waals surface area (Å²) in [7, 11) is 0. The van der Waals surface area contributed by atoms with Gasteiger partial charge in [-0.1, -0.05) is 18.2 Å². The fourth-order valence-corrected chi connectivity index (χ4v) is 1.54. The summed E-state index contributed by atoms with van der Waals surface area (Å²) in [6.07, 6.45) is 3.60. The topological polar surface area (TPSA) is 50.9 Å². The Balaban J connectivity index is 1.87. The van der Waals surface area contributed by atoms with Crippen molar-refractivity contribution >= 4 is 5.69 Å². The number of pyridine rings is 1. The number of para-hydroxylation sites is 1. The molecule has 3 nitrogen and oxygen atoms in total. The smallest absolute Gasteiger partial charge is 0.0359 e. The lowest BCUT2D eigenvalue weighted by Crippen LogP contribution is -2.13. The first-order valence-electron chi connectivity index (χ1n) is 5.29. The van der Waals surface area contributed by atoms with Crippen LogP contribution in [0.2, 0.25) is 0 Å². The third-order valence-electron chi connectivity index (χ3n) is 2.45. The van der Waals surface area contributed by atoms with Crippen molar-refractivity contribution in [3.8, 4) is 0 Å². The van der Waals surface area contributed by atoms with E-state index in [2.05, 4.69) is 10.3 Å².